The molecule has 29 heavy (non-hydrogen) atoms. The summed E-state index contributed by atoms with van der Waals surface area (Å²) in [6.45, 7) is 1.05. The number of ether oxygens (including phenoxy) is 4. The molecular formula is C22H25FO6. The van der Waals surface area contributed by atoms with E-state index in [0.717, 1.165) is 11.1 Å². The van der Waals surface area contributed by atoms with Crippen LogP contribution in [0.1, 0.15) is 18.1 Å². The predicted octanol–water partition coefficient (Wildman–Crippen LogP) is 2.78. The molecule has 0 aromatic heterocycles. The molecule has 1 heterocycles. The van der Waals surface area contributed by atoms with E-state index in [9.17, 15) is 14.3 Å². The maximum absolute atomic E-state index is 14.7. The molecule has 6 nitrogen and oxygen atoms in total. The van der Waals surface area contributed by atoms with Crippen molar-refractivity contribution >= 4 is 5.97 Å². The summed E-state index contributed by atoms with van der Waals surface area (Å²) in [4.78, 5) is 11.7. The maximum Gasteiger partial charge on any atom is 0.303 e. The van der Waals surface area contributed by atoms with Crippen molar-refractivity contribution in [3.05, 3.63) is 71.8 Å². The fourth-order valence-electron chi connectivity index (χ4n) is 3.25. The molecule has 3 rings (SSSR count). The maximum atomic E-state index is 14.7. The average molecular weight is 404 g/mol. The molecule has 2 aromatic rings. The van der Waals surface area contributed by atoms with Gasteiger partial charge in [-0.15, -0.1) is 0 Å². The number of hydrogen-bond donors (Lipinski definition) is 1. The van der Waals surface area contributed by atoms with E-state index in [4.69, 9.17) is 18.9 Å². The highest BCUT2D eigenvalue weighted by atomic mass is 19.1. The van der Waals surface area contributed by atoms with Crippen molar-refractivity contribution in [3.8, 4) is 0 Å². The van der Waals surface area contributed by atoms with Crippen LogP contribution >= 0.6 is 0 Å². The van der Waals surface area contributed by atoms with Gasteiger partial charge in [-0.25, -0.2) is 4.39 Å². The molecule has 0 radical (unpaired) electrons. The van der Waals surface area contributed by atoms with Gasteiger partial charge in [0.25, 0.3) is 0 Å². The normalized spacial score (nSPS) is 26.8. The van der Waals surface area contributed by atoms with Crippen LogP contribution in [0.3, 0.4) is 0 Å². The highest BCUT2D eigenvalue weighted by Gasteiger charge is 2.49. The third-order valence-electron chi connectivity index (χ3n) is 4.63. The van der Waals surface area contributed by atoms with E-state index >= 15 is 0 Å². The van der Waals surface area contributed by atoms with Crippen molar-refractivity contribution in [2.75, 3.05) is 6.61 Å². The standard InChI is InChI=1S/C22H25FO6/c1-15(25)28-20-19(26-13-16-8-4-2-5-9-16)18(12-24)29-22(23)21(20)27-14-17-10-6-3-7-11-17/h2-11,18-22,24H,12-14H2,1H3/t18?,19-,20+,21?,22+/m1/s1. The molecule has 0 bridgehead atoms. The van der Waals surface area contributed by atoms with Crippen molar-refractivity contribution in [2.45, 2.75) is 50.9 Å². The lowest BCUT2D eigenvalue weighted by Gasteiger charge is -2.42. The lowest BCUT2D eigenvalue weighted by Crippen LogP contribution is -2.60. The Bertz CT molecular complexity index is 756. The predicted molar refractivity (Wildman–Crippen MR) is 102 cm³/mol. The Morgan fingerprint density at radius 2 is 1.45 bits per heavy atom. The number of benzene rings is 2. The number of carbonyl (C=O) groups excluding carboxylic acids is 1. The van der Waals surface area contributed by atoms with Gasteiger partial charge in [-0.05, 0) is 11.1 Å². The van der Waals surface area contributed by atoms with E-state index in [1.54, 1.807) is 0 Å². The van der Waals surface area contributed by atoms with Gasteiger partial charge < -0.3 is 24.1 Å². The second-order valence-electron chi connectivity index (χ2n) is 6.80. The minimum atomic E-state index is -1.88. The smallest absolute Gasteiger partial charge is 0.303 e. The second-order valence-corrected chi connectivity index (χ2v) is 6.80. The van der Waals surface area contributed by atoms with Crippen molar-refractivity contribution in [2.24, 2.45) is 0 Å². The first-order valence-electron chi connectivity index (χ1n) is 9.47. The summed E-state index contributed by atoms with van der Waals surface area (Å²) in [5.41, 5.74) is 1.72. The van der Waals surface area contributed by atoms with Crippen LogP contribution in [0, 0.1) is 0 Å². The number of esters is 1. The summed E-state index contributed by atoms with van der Waals surface area (Å²) in [6.07, 6.45) is -6.02. The van der Waals surface area contributed by atoms with Gasteiger partial charge in [0.15, 0.2) is 12.2 Å². The molecule has 1 aliphatic rings. The minimum Gasteiger partial charge on any atom is -0.457 e. The summed E-state index contributed by atoms with van der Waals surface area (Å²) in [7, 11) is 0. The van der Waals surface area contributed by atoms with Gasteiger partial charge in [0, 0.05) is 6.92 Å². The summed E-state index contributed by atoms with van der Waals surface area (Å²) in [6, 6.07) is 18.6. The molecule has 1 saturated heterocycles. The minimum absolute atomic E-state index is 0.113. The molecular weight excluding hydrogens is 379 g/mol. The Labute approximate surface area is 169 Å². The Morgan fingerprint density at radius 1 is 0.931 bits per heavy atom. The Morgan fingerprint density at radius 3 is 1.93 bits per heavy atom. The summed E-state index contributed by atoms with van der Waals surface area (Å²) >= 11 is 0. The molecule has 0 aliphatic carbocycles. The highest BCUT2D eigenvalue weighted by molar-refractivity contribution is 5.66. The number of alkyl halides is 1. The van der Waals surface area contributed by atoms with Gasteiger partial charge in [0.05, 0.1) is 19.8 Å². The Hall–Kier alpha value is -2.32. The van der Waals surface area contributed by atoms with E-state index in [-0.39, 0.29) is 13.2 Å². The molecule has 1 aliphatic heterocycles. The molecule has 5 atom stereocenters. The fraction of sp³-hybridized carbons (Fsp3) is 0.409. The van der Waals surface area contributed by atoms with Crippen LogP contribution in [0.2, 0.25) is 0 Å². The van der Waals surface area contributed by atoms with Crippen LogP contribution in [-0.2, 0) is 37.0 Å². The van der Waals surface area contributed by atoms with Gasteiger partial charge >= 0.3 is 5.97 Å². The number of aliphatic hydroxyl groups excluding tert-OH is 1. The lowest BCUT2D eigenvalue weighted by molar-refractivity contribution is -0.289. The summed E-state index contributed by atoms with van der Waals surface area (Å²) in [5.74, 6) is -0.595. The SMILES string of the molecule is CC(=O)O[C@@H]1C(OCc2ccccc2)[C@@H](F)OC(CO)[C@H]1OCc1ccccc1. The number of halogens is 1. The van der Waals surface area contributed by atoms with Crippen LogP contribution in [0.15, 0.2) is 60.7 Å². The molecule has 2 unspecified atom stereocenters. The van der Waals surface area contributed by atoms with E-state index in [0.29, 0.717) is 0 Å². The zero-order valence-electron chi connectivity index (χ0n) is 16.1. The van der Waals surface area contributed by atoms with Crippen LogP contribution < -0.4 is 0 Å². The zero-order valence-corrected chi connectivity index (χ0v) is 16.1. The van der Waals surface area contributed by atoms with Crippen LogP contribution in [-0.4, -0.2) is 48.5 Å². The topological polar surface area (TPSA) is 74.2 Å². The van der Waals surface area contributed by atoms with E-state index in [2.05, 4.69) is 0 Å². The fourth-order valence-corrected chi connectivity index (χ4v) is 3.25. The molecule has 0 amide bonds. The van der Waals surface area contributed by atoms with Gasteiger partial charge in [-0.1, -0.05) is 60.7 Å². The first-order valence-corrected chi connectivity index (χ1v) is 9.47. The number of carbonyl (C=O) groups is 1. The van der Waals surface area contributed by atoms with Gasteiger partial charge in [0.1, 0.15) is 12.2 Å². The zero-order chi connectivity index (χ0) is 20.6. The largest absolute Gasteiger partial charge is 0.457 e. The quantitative estimate of drug-likeness (QED) is 0.682. The molecule has 2 aromatic carbocycles. The molecule has 1 N–H and O–H groups in total. The Kier molecular flexibility index (Phi) is 7.71. The monoisotopic (exact) mass is 404 g/mol. The average Bonchev–Trinajstić information content (AvgIpc) is 2.73. The molecule has 7 heteroatoms. The van der Waals surface area contributed by atoms with Gasteiger partial charge in [-0.2, -0.15) is 0 Å². The van der Waals surface area contributed by atoms with E-state index in [1.165, 1.54) is 6.92 Å². The third-order valence-corrected chi connectivity index (χ3v) is 4.63. The lowest BCUT2D eigenvalue weighted by atomic mass is 9.98. The summed E-state index contributed by atoms with van der Waals surface area (Å²) < 4.78 is 37.0. The third kappa shape index (κ3) is 5.83. The highest BCUT2D eigenvalue weighted by Crippen LogP contribution is 2.30. The second kappa shape index (κ2) is 10.5. The first kappa shape index (κ1) is 21.4. The van der Waals surface area contributed by atoms with E-state index in [1.807, 2.05) is 60.7 Å². The molecule has 0 saturated carbocycles. The van der Waals surface area contributed by atoms with Gasteiger partial charge in [0.2, 0.25) is 6.36 Å². The first-order chi connectivity index (χ1) is 14.1. The van der Waals surface area contributed by atoms with Crippen LogP contribution in [0.5, 0.6) is 0 Å². The number of aliphatic hydroxyl groups is 1. The van der Waals surface area contributed by atoms with Gasteiger partial charge in [-0.3, -0.25) is 4.79 Å². The van der Waals surface area contributed by atoms with Crippen molar-refractivity contribution < 1.29 is 33.2 Å². The van der Waals surface area contributed by atoms with Crippen molar-refractivity contribution in [3.63, 3.8) is 0 Å². The van der Waals surface area contributed by atoms with E-state index < -0.39 is 43.3 Å². The number of hydrogen-bond acceptors (Lipinski definition) is 6. The van der Waals surface area contributed by atoms with Crippen LogP contribution in [0.25, 0.3) is 0 Å². The molecule has 1 fully saturated rings. The van der Waals surface area contributed by atoms with Crippen molar-refractivity contribution in [1.82, 2.24) is 0 Å². The molecule has 0 spiro atoms. The number of rotatable bonds is 8. The molecule has 156 valence electrons. The summed E-state index contributed by atoms with van der Waals surface area (Å²) in [5, 5.41) is 9.67. The van der Waals surface area contributed by atoms with Crippen LogP contribution in [0.4, 0.5) is 4.39 Å². The Balaban J connectivity index is 1.76. The van der Waals surface area contributed by atoms with Crippen molar-refractivity contribution in [1.29, 1.82) is 0 Å².